The quantitative estimate of drug-likeness (QED) is 0.375. The van der Waals surface area contributed by atoms with Crippen LogP contribution in [-0.4, -0.2) is 0 Å². The summed E-state index contributed by atoms with van der Waals surface area (Å²) in [4.78, 5) is 0. The molecular weight excluding hydrogens is 60.1 g/mol. The average Bonchev–Trinajstić information content (AvgIpc) is 0.722. The zero-order valence-electron chi connectivity index (χ0n) is 3.33. The monoisotopic (exact) mass is 68.1 g/mol. The first-order valence-electron chi connectivity index (χ1n) is 1.41. The van der Waals surface area contributed by atoms with Gasteiger partial charge in [0, 0.05) is 19.3 Å². The molecule has 0 saturated heterocycles. The van der Waals surface area contributed by atoms with Crippen LogP contribution in [0.2, 0.25) is 0 Å². The molecule has 0 unspecified atom stereocenters. The Kier molecular flexibility index (Phi) is 0.808. The topological polar surface area (TPSA) is 0 Å². The van der Waals surface area contributed by atoms with Gasteiger partial charge in [-0.25, -0.2) is 0 Å². The summed E-state index contributed by atoms with van der Waals surface area (Å²) in [5.74, 6) is 0. The van der Waals surface area contributed by atoms with Crippen molar-refractivity contribution in [2.45, 2.75) is 0 Å². The molecule has 0 spiro atoms. The van der Waals surface area contributed by atoms with Gasteiger partial charge in [-0.05, 0) is 0 Å². The van der Waals surface area contributed by atoms with E-state index in [1.54, 1.807) is 0 Å². The van der Waals surface area contributed by atoms with Crippen molar-refractivity contribution in [2.75, 3.05) is 0 Å². The third-order valence-electron chi connectivity index (χ3n) is 0. The zero-order chi connectivity index (χ0) is 4.50. The molecule has 0 aromatic rings. The third kappa shape index (κ3) is 168. The van der Waals surface area contributed by atoms with Gasteiger partial charge in [-0.15, -0.1) is 0 Å². The van der Waals surface area contributed by atoms with Gasteiger partial charge in [0.05, 0.1) is 0 Å². The van der Waals surface area contributed by atoms with Crippen LogP contribution in [0.4, 0.5) is 0 Å². The van der Waals surface area contributed by atoms with Crippen molar-refractivity contribution in [2.24, 2.45) is 5.41 Å². The molecule has 0 saturated carbocycles. The minimum Gasteiger partial charge on any atom is -0.280 e. The minimum absolute atomic E-state index is 0.500. The van der Waals surface area contributed by atoms with Crippen molar-refractivity contribution >= 4 is 0 Å². The van der Waals surface area contributed by atoms with Crippen LogP contribution in [0.3, 0.4) is 0 Å². The van der Waals surface area contributed by atoms with Gasteiger partial charge in [-0.2, -0.15) is 0 Å². The summed E-state index contributed by atoms with van der Waals surface area (Å²) in [5, 5.41) is 0. The Hall–Kier alpha value is -0.260. The molecule has 0 aliphatic rings. The van der Waals surface area contributed by atoms with Gasteiger partial charge in [-0.3, -0.25) is 13.8 Å². The van der Waals surface area contributed by atoms with Crippen molar-refractivity contribution in [1.82, 2.24) is 0 Å². The summed E-state index contributed by atoms with van der Waals surface area (Å²) >= 11 is 0. The Balaban J connectivity index is 3.02. The van der Waals surface area contributed by atoms with Crippen LogP contribution in [0.25, 0.3) is 0 Å². The van der Waals surface area contributed by atoms with Gasteiger partial charge in [-0.1, -0.05) is 0 Å². The fraction of sp³-hybridized carbons (Fsp3) is 0.200. The number of rotatable bonds is 0. The minimum atomic E-state index is -0.500. The van der Waals surface area contributed by atoms with Crippen molar-refractivity contribution in [3.8, 4) is 0 Å². The van der Waals surface area contributed by atoms with Gasteiger partial charge >= 0.3 is 0 Å². The molecule has 0 radical (unpaired) electrons. The van der Waals surface area contributed by atoms with Crippen molar-refractivity contribution in [3.63, 3.8) is 0 Å². The predicted molar refractivity (Wildman–Crippen MR) is 23.9 cm³/mol. The molecule has 0 heterocycles. The molecule has 0 atom stereocenters. The fourth-order valence-corrected chi connectivity index (χ4v) is 0. The molecular formula is C5H8. The predicted octanol–water partition coefficient (Wildman–Crippen LogP) is 1.31. The highest BCUT2D eigenvalue weighted by Crippen LogP contribution is 2.04. The Morgan fingerprint density at radius 1 is 1.20 bits per heavy atom. The van der Waals surface area contributed by atoms with Gasteiger partial charge in [0.2, 0.25) is 0 Å². The molecule has 0 heteroatoms. The highest BCUT2D eigenvalue weighted by atomic mass is 14.0. The van der Waals surface area contributed by atoms with E-state index in [9.17, 15) is 0 Å². The molecule has 0 aromatic carbocycles. The second kappa shape index (κ2) is 0.852. The highest BCUT2D eigenvalue weighted by molar-refractivity contribution is 4.88. The van der Waals surface area contributed by atoms with Crippen LogP contribution in [0.15, 0.2) is 0 Å². The van der Waals surface area contributed by atoms with E-state index in [-0.39, 0.29) is 0 Å². The Morgan fingerprint density at radius 3 is 1.20 bits per heavy atom. The Morgan fingerprint density at radius 2 is 1.20 bits per heavy atom. The lowest BCUT2D eigenvalue weighted by Gasteiger charge is -2.06. The first-order valence-corrected chi connectivity index (χ1v) is 1.41. The van der Waals surface area contributed by atoms with Crippen LogP contribution in [0.1, 0.15) is 0 Å². The summed E-state index contributed by atoms with van der Waals surface area (Å²) in [6.07, 6.45) is 0. The van der Waals surface area contributed by atoms with Gasteiger partial charge in [0.15, 0.2) is 0 Å². The molecule has 0 fully saturated rings. The maximum absolute atomic E-state index is 3.44. The lowest BCUT2D eigenvalue weighted by atomic mass is 10.0. The molecule has 0 aliphatic heterocycles. The molecule has 0 nitrogen and oxygen atoms in total. The van der Waals surface area contributed by atoms with Crippen LogP contribution < -0.4 is 0 Å². The van der Waals surface area contributed by atoms with E-state index < -0.39 is 5.41 Å². The normalized spacial score (nSPS) is 11.6. The van der Waals surface area contributed by atoms with E-state index in [0.29, 0.717) is 0 Å². The molecule has 28 valence electrons. The Labute approximate surface area is 34.2 Å². The van der Waals surface area contributed by atoms with Gasteiger partial charge < -0.3 is 0 Å². The number of hydrogen-bond acceptors (Lipinski definition) is 0. The number of hydrogen-bond donors (Lipinski definition) is 0. The highest BCUT2D eigenvalue weighted by Gasteiger charge is 1.95. The summed E-state index contributed by atoms with van der Waals surface area (Å²) < 4.78 is 0. The van der Waals surface area contributed by atoms with Crippen molar-refractivity contribution < 1.29 is 0 Å². The summed E-state index contributed by atoms with van der Waals surface area (Å²) in [5.41, 5.74) is -0.500. The summed E-state index contributed by atoms with van der Waals surface area (Å²) in [6, 6.07) is 0. The van der Waals surface area contributed by atoms with E-state index in [4.69, 9.17) is 0 Å². The molecule has 0 rings (SSSR count). The van der Waals surface area contributed by atoms with Crippen molar-refractivity contribution in [3.05, 3.63) is 27.7 Å². The first kappa shape index (κ1) is 4.74. The fourth-order valence-electron chi connectivity index (χ4n) is 0. The molecule has 0 aliphatic carbocycles. The lowest BCUT2D eigenvalue weighted by Crippen LogP contribution is -1.96. The van der Waals surface area contributed by atoms with Crippen molar-refractivity contribution in [1.29, 1.82) is 0 Å². The summed E-state index contributed by atoms with van der Waals surface area (Å²) in [7, 11) is 0. The second-order valence-corrected chi connectivity index (χ2v) is 1.50. The van der Waals surface area contributed by atoms with E-state index in [0.717, 1.165) is 0 Å². The lowest BCUT2D eigenvalue weighted by molar-refractivity contribution is 0.799. The molecule has 0 N–H and O–H groups in total. The molecule has 5 heavy (non-hydrogen) atoms. The van der Waals surface area contributed by atoms with E-state index >= 15 is 0 Å². The zero-order valence-corrected chi connectivity index (χ0v) is 3.33. The maximum atomic E-state index is 3.44. The van der Waals surface area contributed by atoms with E-state index in [1.807, 2.05) is 0 Å². The molecule has 0 amide bonds. The third-order valence-corrected chi connectivity index (χ3v) is 0. The van der Waals surface area contributed by atoms with Crippen LogP contribution in [0, 0.1) is 33.1 Å². The Bertz CT molecular complexity index is 15.5. The van der Waals surface area contributed by atoms with Crippen LogP contribution in [0.5, 0.6) is 0 Å². The summed E-state index contributed by atoms with van der Waals surface area (Å²) in [6.45, 7) is 13.8. The standard InChI is InChI=1S/C5H8/c1-5(2,3)4/h1-4H2. The van der Waals surface area contributed by atoms with E-state index in [2.05, 4.69) is 27.7 Å². The first-order chi connectivity index (χ1) is 2.00. The molecule has 0 bridgehead atoms. The average molecular weight is 68.1 g/mol. The maximum Gasteiger partial charge on any atom is 0.0490 e. The second-order valence-electron chi connectivity index (χ2n) is 1.50. The van der Waals surface area contributed by atoms with Crippen LogP contribution in [-0.2, 0) is 0 Å². The van der Waals surface area contributed by atoms with Crippen LogP contribution >= 0.6 is 0 Å². The van der Waals surface area contributed by atoms with Gasteiger partial charge in [0.25, 0.3) is 0 Å². The SMILES string of the molecule is [CH2+]C([CH2+])([CH2-])[CH2-]. The molecule has 0 aromatic heterocycles. The largest absolute Gasteiger partial charge is 0.280 e. The smallest absolute Gasteiger partial charge is 0.0490 e. The van der Waals surface area contributed by atoms with Gasteiger partial charge in [0.1, 0.15) is 0 Å². The van der Waals surface area contributed by atoms with E-state index in [1.165, 1.54) is 0 Å².